The Kier molecular flexibility index (Phi) is 7.18. The van der Waals surface area contributed by atoms with E-state index in [0.29, 0.717) is 6.20 Å². The van der Waals surface area contributed by atoms with Crippen LogP contribution in [0, 0.1) is 23.5 Å². The van der Waals surface area contributed by atoms with E-state index in [9.17, 15) is 31.5 Å². The van der Waals surface area contributed by atoms with Crippen LogP contribution in [-0.2, 0) is 4.79 Å². The van der Waals surface area contributed by atoms with Crippen molar-refractivity contribution in [3.8, 4) is 23.3 Å². The van der Waals surface area contributed by atoms with E-state index in [0.717, 1.165) is 31.0 Å². The van der Waals surface area contributed by atoms with Gasteiger partial charge in [0.05, 0.1) is 36.7 Å². The molecule has 2 N–H and O–H groups in total. The summed E-state index contributed by atoms with van der Waals surface area (Å²) in [4.78, 5) is 29.5. The number of hydrogen-bond acceptors (Lipinski definition) is 7. The molecule has 3 aromatic rings. The van der Waals surface area contributed by atoms with Crippen molar-refractivity contribution in [3.63, 3.8) is 0 Å². The number of rotatable bonds is 5. The van der Waals surface area contributed by atoms with Crippen LogP contribution in [0.4, 0.5) is 27.8 Å². The Morgan fingerprint density at radius 3 is 2.38 bits per heavy atom. The molecular weight excluding hydrogens is 529 g/mol. The van der Waals surface area contributed by atoms with Crippen LogP contribution in [0.2, 0.25) is 0 Å². The highest BCUT2D eigenvalue weighted by atomic mass is 19.4. The molecule has 1 amide bonds. The standard InChI is InChI=1S/C25H20F5N5O4/c1-4-18(36)34-8-7-12(11-34)35-22-14(23(37)25(28,29)30)10-32-24(31)19(22)15(33-35)6-5-13-20(26)16(38-2)9-17(39-3)21(13)27/h4,9-10,12H,1,7-8,11H2,2-3H3,(H2,31,32). The zero-order chi connectivity index (χ0) is 28.6. The molecule has 0 aliphatic carbocycles. The summed E-state index contributed by atoms with van der Waals surface area (Å²) in [5.74, 6) is -1.25. The first-order valence-corrected chi connectivity index (χ1v) is 11.2. The van der Waals surface area contributed by atoms with Gasteiger partial charge in [-0.1, -0.05) is 12.5 Å². The number of likely N-dealkylation sites (tertiary alicyclic amines) is 1. The average Bonchev–Trinajstić information content (AvgIpc) is 3.54. The summed E-state index contributed by atoms with van der Waals surface area (Å²) in [6.45, 7) is 3.69. The number of nitrogen functional groups attached to an aromatic ring is 1. The first-order chi connectivity index (χ1) is 18.4. The van der Waals surface area contributed by atoms with E-state index < -0.39 is 46.7 Å². The van der Waals surface area contributed by atoms with Crippen molar-refractivity contribution in [2.45, 2.75) is 18.6 Å². The molecule has 1 atom stereocenters. The fourth-order valence-electron chi connectivity index (χ4n) is 4.25. The number of hydrogen-bond donors (Lipinski definition) is 1. The van der Waals surface area contributed by atoms with Gasteiger partial charge in [0.15, 0.2) is 23.1 Å². The van der Waals surface area contributed by atoms with Gasteiger partial charge >= 0.3 is 6.18 Å². The van der Waals surface area contributed by atoms with E-state index in [-0.39, 0.29) is 53.4 Å². The number of nitrogens with two attached hydrogens (primary N) is 1. The van der Waals surface area contributed by atoms with Crippen molar-refractivity contribution < 1.29 is 41.0 Å². The van der Waals surface area contributed by atoms with Gasteiger partial charge in [0.1, 0.15) is 17.1 Å². The quantitative estimate of drug-likeness (QED) is 0.225. The Bertz CT molecular complexity index is 1540. The van der Waals surface area contributed by atoms with E-state index >= 15 is 0 Å². The second-order valence-corrected chi connectivity index (χ2v) is 8.37. The molecule has 0 spiro atoms. The molecule has 1 aliphatic heterocycles. The molecule has 0 saturated carbocycles. The Labute approximate surface area is 218 Å². The molecule has 204 valence electrons. The highest BCUT2D eigenvalue weighted by molar-refractivity contribution is 6.12. The van der Waals surface area contributed by atoms with Gasteiger partial charge in [0.25, 0.3) is 5.78 Å². The van der Waals surface area contributed by atoms with Gasteiger partial charge in [-0.3, -0.25) is 14.3 Å². The lowest BCUT2D eigenvalue weighted by molar-refractivity contribution is -0.125. The van der Waals surface area contributed by atoms with Gasteiger partial charge in [-0.25, -0.2) is 13.8 Å². The number of halogens is 5. The molecule has 2 aromatic heterocycles. The predicted molar refractivity (Wildman–Crippen MR) is 128 cm³/mol. The number of alkyl halides is 3. The lowest BCUT2D eigenvalue weighted by Gasteiger charge is -2.16. The Morgan fingerprint density at radius 2 is 1.82 bits per heavy atom. The van der Waals surface area contributed by atoms with Crippen molar-refractivity contribution in [1.82, 2.24) is 19.7 Å². The summed E-state index contributed by atoms with van der Waals surface area (Å²) >= 11 is 0. The molecule has 0 bridgehead atoms. The van der Waals surface area contributed by atoms with Gasteiger partial charge in [0, 0.05) is 25.4 Å². The second-order valence-electron chi connectivity index (χ2n) is 8.37. The van der Waals surface area contributed by atoms with Crippen LogP contribution in [0.25, 0.3) is 10.9 Å². The lowest BCUT2D eigenvalue weighted by atomic mass is 10.1. The van der Waals surface area contributed by atoms with Crippen molar-refractivity contribution in [2.75, 3.05) is 33.0 Å². The number of anilines is 1. The number of nitrogens with zero attached hydrogens (tertiary/aromatic N) is 4. The summed E-state index contributed by atoms with van der Waals surface area (Å²) in [5.41, 5.74) is 3.76. The fraction of sp³-hybridized carbons (Fsp3) is 0.280. The first kappa shape index (κ1) is 27.4. The van der Waals surface area contributed by atoms with Gasteiger partial charge in [0.2, 0.25) is 5.91 Å². The summed E-state index contributed by atoms with van der Waals surface area (Å²) in [5, 5.41) is 4.05. The van der Waals surface area contributed by atoms with Crippen LogP contribution in [0.15, 0.2) is 24.9 Å². The molecule has 3 heterocycles. The third kappa shape index (κ3) is 4.83. The average molecular weight is 549 g/mol. The number of carbonyl (C=O) groups is 2. The minimum atomic E-state index is -5.25. The minimum absolute atomic E-state index is 0.0344. The molecule has 1 aromatic carbocycles. The molecular formula is C25H20F5N5O4. The summed E-state index contributed by atoms with van der Waals surface area (Å²) in [7, 11) is 2.30. The normalized spacial score (nSPS) is 15.2. The minimum Gasteiger partial charge on any atom is -0.493 e. The van der Waals surface area contributed by atoms with E-state index in [1.807, 2.05) is 0 Å². The van der Waals surface area contributed by atoms with Crippen molar-refractivity contribution >= 4 is 28.4 Å². The molecule has 9 nitrogen and oxygen atoms in total. The number of ketones is 1. The topological polar surface area (TPSA) is 113 Å². The third-order valence-corrected chi connectivity index (χ3v) is 6.13. The maximum atomic E-state index is 14.8. The highest BCUT2D eigenvalue weighted by Crippen LogP contribution is 2.35. The second kappa shape index (κ2) is 10.2. The van der Waals surface area contributed by atoms with Crippen LogP contribution < -0.4 is 15.2 Å². The molecule has 1 saturated heterocycles. The number of amides is 1. The zero-order valence-corrected chi connectivity index (χ0v) is 20.5. The Morgan fingerprint density at radius 1 is 1.18 bits per heavy atom. The zero-order valence-electron chi connectivity index (χ0n) is 20.5. The van der Waals surface area contributed by atoms with E-state index in [1.54, 1.807) is 0 Å². The molecule has 1 aliphatic rings. The number of carbonyl (C=O) groups excluding carboxylic acids is 2. The van der Waals surface area contributed by atoms with Gasteiger partial charge < -0.3 is 20.1 Å². The molecule has 39 heavy (non-hydrogen) atoms. The first-order valence-electron chi connectivity index (χ1n) is 11.2. The monoisotopic (exact) mass is 549 g/mol. The van der Waals surface area contributed by atoms with E-state index in [4.69, 9.17) is 15.2 Å². The number of benzene rings is 1. The Hall–Kier alpha value is -4.67. The SMILES string of the molecule is C=CC(=O)N1CCC(n2nc(C#Cc3c(F)c(OC)cc(OC)c3F)c3c(N)ncc(C(=O)C(F)(F)F)c32)C1. The molecule has 1 unspecified atom stereocenters. The molecule has 1 fully saturated rings. The van der Waals surface area contributed by atoms with Crippen molar-refractivity contribution in [3.05, 3.63) is 53.4 Å². The smallest absolute Gasteiger partial charge is 0.455 e. The molecule has 0 radical (unpaired) electrons. The van der Waals surface area contributed by atoms with Crippen LogP contribution >= 0.6 is 0 Å². The molecule has 4 rings (SSSR count). The predicted octanol–water partition coefficient (Wildman–Crippen LogP) is 3.41. The number of methoxy groups -OCH3 is 2. The van der Waals surface area contributed by atoms with Gasteiger partial charge in [-0.15, -0.1) is 0 Å². The van der Waals surface area contributed by atoms with Crippen molar-refractivity contribution in [2.24, 2.45) is 0 Å². The number of fused-ring (bicyclic) bond motifs is 1. The largest absolute Gasteiger partial charge is 0.493 e. The van der Waals surface area contributed by atoms with E-state index in [2.05, 4.69) is 28.5 Å². The van der Waals surface area contributed by atoms with Crippen molar-refractivity contribution in [1.29, 1.82) is 0 Å². The maximum Gasteiger partial charge on any atom is 0.455 e. The van der Waals surface area contributed by atoms with Crippen LogP contribution in [0.3, 0.4) is 0 Å². The van der Waals surface area contributed by atoms with Crippen LogP contribution in [-0.4, -0.2) is 64.8 Å². The number of pyridine rings is 1. The summed E-state index contributed by atoms with van der Waals surface area (Å²) < 4.78 is 81.0. The number of Topliss-reactive ketones (excluding diaryl/α,β-unsaturated/α-hetero) is 1. The lowest BCUT2D eigenvalue weighted by Crippen LogP contribution is -2.28. The number of aromatic nitrogens is 3. The Balaban J connectivity index is 1.97. The third-order valence-electron chi connectivity index (χ3n) is 6.13. The molecule has 14 heteroatoms. The maximum absolute atomic E-state index is 14.8. The highest BCUT2D eigenvalue weighted by Gasteiger charge is 2.42. The summed E-state index contributed by atoms with van der Waals surface area (Å²) in [6, 6.07) is 0.298. The van der Waals surface area contributed by atoms with E-state index in [1.165, 1.54) is 4.90 Å². The van der Waals surface area contributed by atoms with Crippen LogP contribution in [0.5, 0.6) is 11.5 Å². The fourth-order valence-corrected chi connectivity index (χ4v) is 4.25. The summed E-state index contributed by atoms with van der Waals surface area (Å²) in [6.07, 6.45) is -3.22. The van der Waals surface area contributed by atoms with Gasteiger partial charge in [-0.2, -0.15) is 18.3 Å². The van der Waals surface area contributed by atoms with Crippen LogP contribution in [0.1, 0.15) is 34.1 Å². The number of ether oxygens (including phenoxy) is 2. The van der Waals surface area contributed by atoms with Gasteiger partial charge in [-0.05, 0) is 18.4 Å².